The molecule has 30 heavy (non-hydrogen) atoms. The number of anilines is 1. The Balaban J connectivity index is 1.49. The minimum atomic E-state index is -0.152. The van der Waals surface area contributed by atoms with Crippen LogP contribution in [0.15, 0.2) is 79.0 Å². The van der Waals surface area contributed by atoms with E-state index in [4.69, 9.17) is 11.6 Å². The summed E-state index contributed by atoms with van der Waals surface area (Å²) >= 11 is 5.95. The van der Waals surface area contributed by atoms with E-state index in [2.05, 4.69) is 21.3 Å². The zero-order chi connectivity index (χ0) is 21.1. The quantitative estimate of drug-likeness (QED) is 0.443. The first-order valence-electron chi connectivity index (χ1n) is 9.69. The molecule has 150 valence electrons. The first-order chi connectivity index (χ1) is 14.5. The van der Waals surface area contributed by atoms with Crippen LogP contribution in [0.2, 0.25) is 5.02 Å². The van der Waals surface area contributed by atoms with Gasteiger partial charge in [-0.15, -0.1) is 0 Å². The first kappa shape index (κ1) is 20.1. The van der Waals surface area contributed by atoms with Crippen molar-refractivity contribution in [1.82, 2.24) is 9.88 Å². The standard InChI is InChI=1S/C25H22ClN3O/c1-29(2)16-17-13-21-9-12-23(14-24(21)27-15-17)28-25(30)20-5-3-18(4-6-20)19-7-10-22(26)11-8-19/h3-15H,16H2,1-2H3,(H,28,30). The normalized spacial score (nSPS) is 11.1. The van der Waals surface area contributed by atoms with Crippen molar-refractivity contribution in [2.75, 3.05) is 19.4 Å². The molecule has 0 radical (unpaired) electrons. The van der Waals surface area contributed by atoms with Gasteiger partial charge in [-0.3, -0.25) is 9.78 Å². The SMILES string of the molecule is CN(C)Cc1cnc2cc(NC(=O)c3ccc(-c4ccc(Cl)cc4)cc3)ccc2c1. The number of nitrogens with one attached hydrogen (secondary N) is 1. The lowest BCUT2D eigenvalue weighted by molar-refractivity contribution is 0.102. The number of hydrogen-bond acceptors (Lipinski definition) is 3. The number of rotatable bonds is 5. The predicted octanol–water partition coefficient (Wildman–Crippen LogP) is 5.87. The number of halogens is 1. The van der Waals surface area contributed by atoms with E-state index < -0.39 is 0 Å². The molecule has 0 aliphatic rings. The van der Waals surface area contributed by atoms with Crippen molar-refractivity contribution >= 4 is 34.1 Å². The fourth-order valence-electron chi connectivity index (χ4n) is 3.36. The summed E-state index contributed by atoms with van der Waals surface area (Å²) in [5.74, 6) is -0.152. The van der Waals surface area contributed by atoms with E-state index in [1.165, 1.54) is 0 Å². The Morgan fingerprint density at radius 3 is 2.27 bits per heavy atom. The van der Waals surface area contributed by atoms with E-state index in [-0.39, 0.29) is 5.91 Å². The molecule has 0 unspecified atom stereocenters. The van der Waals surface area contributed by atoms with Crippen molar-refractivity contribution in [2.24, 2.45) is 0 Å². The van der Waals surface area contributed by atoms with Crippen LogP contribution < -0.4 is 5.32 Å². The van der Waals surface area contributed by atoms with Crippen LogP contribution in [0.5, 0.6) is 0 Å². The molecule has 4 rings (SSSR count). The number of carbonyl (C=O) groups is 1. The monoisotopic (exact) mass is 415 g/mol. The molecule has 1 N–H and O–H groups in total. The molecule has 0 saturated carbocycles. The lowest BCUT2D eigenvalue weighted by atomic mass is 10.0. The first-order valence-corrected chi connectivity index (χ1v) is 10.1. The summed E-state index contributed by atoms with van der Waals surface area (Å²) in [5, 5.41) is 4.72. The van der Waals surface area contributed by atoms with Crippen molar-refractivity contribution in [3.63, 3.8) is 0 Å². The minimum Gasteiger partial charge on any atom is -0.322 e. The van der Waals surface area contributed by atoms with Crippen molar-refractivity contribution in [3.8, 4) is 11.1 Å². The maximum atomic E-state index is 12.7. The zero-order valence-corrected chi connectivity index (χ0v) is 17.6. The van der Waals surface area contributed by atoms with Gasteiger partial charge in [-0.2, -0.15) is 0 Å². The zero-order valence-electron chi connectivity index (χ0n) is 16.9. The van der Waals surface area contributed by atoms with Crippen LogP contribution in [0.1, 0.15) is 15.9 Å². The summed E-state index contributed by atoms with van der Waals surface area (Å²) < 4.78 is 0. The number of benzene rings is 3. The van der Waals surface area contributed by atoms with Crippen molar-refractivity contribution < 1.29 is 4.79 Å². The highest BCUT2D eigenvalue weighted by atomic mass is 35.5. The summed E-state index contributed by atoms with van der Waals surface area (Å²) in [6, 6.07) is 23.1. The van der Waals surface area contributed by atoms with E-state index in [1.54, 1.807) is 0 Å². The van der Waals surface area contributed by atoms with Crippen LogP contribution in [0, 0.1) is 0 Å². The lowest BCUT2D eigenvalue weighted by Crippen LogP contribution is -2.12. The van der Waals surface area contributed by atoms with Gasteiger partial charge < -0.3 is 10.2 Å². The molecule has 1 aromatic heterocycles. The smallest absolute Gasteiger partial charge is 0.255 e. The van der Waals surface area contributed by atoms with Gasteiger partial charge in [-0.1, -0.05) is 41.9 Å². The molecule has 3 aromatic carbocycles. The average Bonchev–Trinajstić information content (AvgIpc) is 2.74. The molecule has 0 bridgehead atoms. The van der Waals surface area contributed by atoms with Crippen LogP contribution in [0.3, 0.4) is 0 Å². The van der Waals surface area contributed by atoms with E-state index in [9.17, 15) is 4.79 Å². The summed E-state index contributed by atoms with van der Waals surface area (Å²) in [4.78, 5) is 19.3. The Kier molecular flexibility index (Phi) is 5.79. The fourth-order valence-corrected chi connectivity index (χ4v) is 3.48. The Bertz CT molecular complexity index is 1190. The van der Waals surface area contributed by atoms with Crippen LogP contribution in [-0.4, -0.2) is 29.9 Å². The van der Waals surface area contributed by atoms with Gasteiger partial charge in [0.2, 0.25) is 0 Å². The molecular weight excluding hydrogens is 394 g/mol. The second-order valence-electron chi connectivity index (χ2n) is 7.53. The summed E-state index contributed by atoms with van der Waals surface area (Å²) in [5.41, 5.74) is 5.43. The van der Waals surface area contributed by atoms with Gasteiger partial charge in [-0.25, -0.2) is 0 Å². The van der Waals surface area contributed by atoms with Gasteiger partial charge in [0.15, 0.2) is 0 Å². The minimum absolute atomic E-state index is 0.152. The average molecular weight is 416 g/mol. The molecule has 1 heterocycles. The molecule has 0 fully saturated rings. The highest BCUT2D eigenvalue weighted by Gasteiger charge is 2.08. The van der Waals surface area contributed by atoms with Gasteiger partial charge >= 0.3 is 0 Å². The Morgan fingerprint density at radius 2 is 1.60 bits per heavy atom. The van der Waals surface area contributed by atoms with Crippen LogP contribution in [-0.2, 0) is 6.54 Å². The third-order valence-corrected chi connectivity index (χ3v) is 5.07. The van der Waals surface area contributed by atoms with Gasteiger partial charge in [-0.05, 0) is 73.3 Å². The highest BCUT2D eigenvalue weighted by Crippen LogP contribution is 2.23. The number of pyridine rings is 1. The molecular formula is C25H22ClN3O. The number of fused-ring (bicyclic) bond motifs is 1. The molecule has 5 heteroatoms. The second-order valence-corrected chi connectivity index (χ2v) is 7.96. The molecule has 1 amide bonds. The number of carbonyl (C=O) groups excluding carboxylic acids is 1. The third-order valence-electron chi connectivity index (χ3n) is 4.82. The van der Waals surface area contributed by atoms with Crippen molar-refractivity contribution in [2.45, 2.75) is 6.54 Å². The second kappa shape index (κ2) is 8.66. The van der Waals surface area contributed by atoms with Crippen molar-refractivity contribution in [3.05, 3.63) is 95.1 Å². The Labute approximate surface area is 181 Å². The maximum absolute atomic E-state index is 12.7. The number of amides is 1. The molecule has 0 saturated heterocycles. The summed E-state index contributed by atoms with van der Waals surface area (Å²) in [6.07, 6.45) is 1.88. The number of nitrogens with zero attached hydrogens (tertiary/aromatic N) is 2. The topological polar surface area (TPSA) is 45.2 Å². The third kappa shape index (κ3) is 4.67. The maximum Gasteiger partial charge on any atom is 0.255 e. The van der Waals surface area contributed by atoms with E-state index in [1.807, 2.05) is 87.0 Å². The van der Waals surface area contributed by atoms with E-state index in [0.717, 1.165) is 39.8 Å². The number of aromatic nitrogens is 1. The Morgan fingerprint density at radius 1 is 0.933 bits per heavy atom. The Hall–Kier alpha value is -3.21. The summed E-state index contributed by atoms with van der Waals surface area (Å²) in [7, 11) is 4.07. The lowest BCUT2D eigenvalue weighted by Gasteiger charge is -2.11. The molecule has 0 aliphatic heterocycles. The fraction of sp³-hybridized carbons (Fsp3) is 0.120. The largest absolute Gasteiger partial charge is 0.322 e. The van der Waals surface area contributed by atoms with Gasteiger partial charge in [0, 0.05) is 34.4 Å². The summed E-state index contributed by atoms with van der Waals surface area (Å²) in [6.45, 7) is 0.841. The van der Waals surface area contributed by atoms with Gasteiger partial charge in [0.1, 0.15) is 0 Å². The van der Waals surface area contributed by atoms with Crippen molar-refractivity contribution in [1.29, 1.82) is 0 Å². The molecule has 4 nitrogen and oxygen atoms in total. The van der Waals surface area contributed by atoms with Crippen LogP contribution >= 0.6 is 11.6 Å². The molecule has 0 aliphatic carbocycles. The highest BCUT2D eigenvalue weighted by molar-refractivity contribution is 6.30. The number of hydrogen-bond donors (Lipinski definition) is 1. The molecule has 4 aromatic rings. The van der Waals surface area contributed by atoms with E-state index in [0.29, 0.717) is 10.6 Å². The predicted molar refractivity (Wildman–Crippen MR) is 124 cm³/mol. The van der Waals surface area contributed by atoms with E-state index >= 15 is 0 Å². The van der Waals surface area contributed by atoms with Gasteiger partial charge in [0.05, 0.1) is 5.52 Å². The van der Waals surface area contributed by atoms with Crippen LogP contribution in [0.25, 0.3) is 22.0 Å². The van der Waals surface area contributed by atoms with Crippen LogP contribution in [0.4, 0.5) is 5.69 Å². The molecule has 0 atom stereocenters. The van der Waals surface area contributed by atoms with Gasteiger partial charge in [0.25, 0.3) is 5.91 Å². The molecule has 0 spiro atoms.